The summed E-state index contributed by atoms with van der Waals surface area (Å²) < 4.78 is 5.39. The van der Waals surface area contributed by atoms with E-state index in [1.165, 1.54) is 0 Å². The van der Waals surface area contributed by atoms with E-state index in [4.69, 9.17) is 4.74 Å². The van der Waals surface area contributed by atoms with Crippen molar-refractivity contribution in [3.63, 3.8) is 0 Å². The van der Waals surface area contributed by atoms with Crippen molar-refractivity contribution in [1.29, 1.82) is 0 Å². The maximum Gasteiger partial charge on any atom is 0.319 e. The first-order valence-electron chi connectivity index (χ1n) is 9.16. The first-order valence-corrected chi connectivity index (χ1v) is 9.16. The van der Waals surface area contributed by atoms with Gasteiger partial charge in [-0.2, -0.15) is 0 Å². The highest BCUT2D eigenvalue weighted by atomic mass is 16.5. The van der Waals surface area contributed by atoms with Crippen LogP contribution in [0.5, 0.6) is 5.75 Å². The highest BCUT2D eigenvalue weighted by molar-refractivity contribution is 5.94. The van der Waals surface area contributed by atoms with Gasteiger partial charge in [0.1, 0.15) is 5.75 Å². The topological polar surface area (TPSA) is 61.9 Å². The Morgan fingerprint density at radius 3 is 2.24 bits per heavy atom. The zero-order valence-electron chi connectivity index (χ0n) is 15.5. The number of hydrogen-bond acceptors (Lipinski definition) is 3. The molecule has 1 aliphatic rings. The van der Waals surface area contributed by atoms with E-state index in [2.05, 4.69) is 5.32 Å². The van der Waals surface area contributed by atoms with Crippen LogP contribution in [0.25, 0.3) is 0 Å². The zero-order valence-corrected chi connectivity index (χ0v) is 15.5. The molecule has 0 aliphatic carbocycles. The smallest absolute Gasteiger partial charge is 0.319 e. The maximum atomic E-state index is 12.4. The number of rotatable bonds is 6. The number of nitrogens with one attached hydrogen (secondary N) is 1. The quantitative estimate of drug-likeness (QED) is 0.861. The molecule has 0 saturated carbocycles. The summed E-state index contributed by atoms with van der Waals surface area (Å²) in [5.74, 6) is 0.693. The molecule has 0 atom stereocenters. The lowest BCUT2D eigenvalue weighted by Crippen LogP contribution is -2.50. The molecule has 6 nitrogen and oxygen atoms in total. The van der Waals surface area contributed by atoms with Gasteiger partial charge in [0.25, 0.3) is 5.91 Å². The van der Waals surface area contributed by atoms with Gasteiger partial charge in [-0.25, -0.2) is 4.79 Å². The molecule has 1 aromatic carbocycles. The van der Waals surface area contributed by atoms with Gasteiger partial charge in [-0.05, 0) is 57.9 Å². The monoisotopic (exact) mass is 347 g/mol. The summed E-state index contributed by atoms with van der Waals surface area (Å²) in [6.07, 6.45) is 1.57. The van der Waals surface area contributed by atoms with E-state index >= 15 is 0 Å². The van der Waals surface area contributed by atoms with E-state index < -0.39 is 0 Å². The van der Waals surface area contributed by atoms with Crippen LogP contribution in [0.2, 0.25) is 0 Å². The van der Waals surface area contributed by atoms with E-state index in [1.807, 2.05) is 42.7 Å². The number of urea groups is 1. The summed E-state index contributed by atoms with van der Waals surface area (Å²) in [4.78, 5) is 28.4. The van der Waals surface area contributed by atoms with Gasteiger partial charge in [0, 0.05) is 37.8 Å². The summed E-state index contributed by atoms with van der Waals surface area (Å²) in [6.45, 7) is 9.34. The highest BCUT2D eigenvalue weighted by Gasteiger charge is 2.26. The van der Waals surface area contributed by atoms with Crippen molar-refractivity contribution in [3.05, 3.63) is 29.8 Å². The summed E-state index contributed by atoms with van der Waals surface area (Å²) in [6, 6.07) is 7.38. The molecule has 1 aromatic rings. The highest BCUT2D eigenvalue weighted by Crippen LogP contribution is 2.15. The van der Waals surface area contributed by atoms with Crippen LogP contribution < -0.4 is 10.1 Å². The van der Waals surface area contributed by atoms with Gasteiger partial charge in [0.2, 0.25) is 0 Å². The Bertz CT molecular complexity index is 562. The molecular formula is C19H29N3O3. The second-order valence-electron chi connectivity index (χ2n) is 6.15. The summed E-state index contributed by atoms with van der Waals surface area (Å²) in [5.41, 5.74) is 0.630. The van der Waals surface area contributed by atoms with Gasteiger partial charge in [-0.1, -0.05) is 0 Å². The molecule has 1 fully saturated rings. The first kappa shape index (κ1) is 19.1. The predicted octanol–water partition coefficient (Wildman–Crippen LogP) is 2.74. The summed E-state index contributed by atoms with van der Waals surface area (Å²) in [7, 11) is 0. The molecule has 0 bridgehead atoms. The Kier molecular flexibility index (Phi) is 7.10. The van der Waals surface area contributed by atoms with Crippen molar-refractivity contribution in [2.45, 2.75) is 39.7 Å². The molecule has 25 heavy (non-hydrogen) atoms. The van der Waals surface area contributed by atoms with Crippen LogP contribution in [0.15, 0.2) is 24.3 Å². The van der Waals surface area contributed by atoms with Gasteiger partial charge in [0.05, 0.1) is 6.61 Å². The lowest BCUT2D eigenvalue weighted by Gasteiger charge is -2.35. The molecule has 6 heteroatoms. The number of benzene rings is 1. The normalized spacial score (nSPS) is 14.9. The van der Waals surface area contributed by atoms with E-state index in [1.54, 1.807) is 12.1 Å². The van der Waals surface area contributed by atoms with Crippen LogP contribution in [0, 0.1) is 0 Å². The fourth-order valence-corrected chi connectivity index (χ4v) is 3.05. The van der Waals surface area contributed by atoms with Crippen molar-refractivity contribution in [2.75, 3.05) is 32.8 Å². The third-order valence-corrected chi connectivity index (χ3v) is 4.56. The van der Waals surface area contributed by atoms with Crippen LogP contribution >= 0.6 is 0 Å². The van der Waals surface area contributed by atoms with Gasteiger partial charge in [-0.15, -0.1) is 0 Å². The Balaban J connectivity index is 1.83. The van der Waals surface area contributed by atoms with Crippen LogP contribution in [0.3, 0.4) is 0 Å². The third kappa shape index (κ3) is 5.11. The van der Waals surface area contributed by atoms with E-state index in [-0.39, 0.29) is 18.0 Å². The summed E-state index contributed by atoms with van der Waals surface area (Å²) in [5, 5.41) is 3.07. The number of ether oxygens (including phenoxy) is 1. The van der Waals surface area contributed by atoms with Gasteiger partial charge in [0.15, 0.2) is 0 Å². The minimum Gasteiger partial charge on any atom is -0.494 e. The number of carbonyl (C=O) groups excluding carboxylic acids is 2. The lowest BCUT2D eigenvalue weighted by molar-refractivity contribution is 0.0911. The standard InChI is InChI=1S/C19H29N3O3/c1-4-21(5-2)19(24)22-13-11-16(12-14-22)20-18(23)15-7-9-17(10-8-15)25-6-3/h7-10,16H,4-6,11-14H2,1-3H3,(H,20,23). The predicted molar refractivity (Wildman–Crippen MR) is 98.0 cm³/mol. The van der Waals surface area contributed by atoms with Gasteiger partial charge < -0.3 is 19.9 Å². The minimum atomic E-state index is -0.0726. The Hall–Kier alpha value is -2.24. The SMILES string of the molecule is CCOc1ccc(C(=O)NC2CCN(C(=O)N(CC)CC)CC2)cc1. The minimum absolute atomic E-state index is 0.0726. The molecule has 1 saturated heterocycles. The van der Waals surface area contributed by atoms with E-state index in [0.29, 0.717) is 25.3 Å². The van der Waals surface area contributed by atoms with E-state index in [0.717, 1.165) is 31.7 Å². The third-order valence-electron chi connectivity index (χ3n) is 4.56. The van der Waals surface area contributed by atoms with Crippen molar-refractivity contribution in [1.82, 2.24) is 15.1 Å². The molecular weight excluding hydrogens is 318 g/mol. The molecule has 0 aromatic heterocycles. The van der Waals surface area contributed by atoms with Crippen molar-refractivity contribution in [2.24, 2.45) is 0 Å². The number of carbonyl (C=O) groups is 2. The van der Waals surface area contributed by atoms with Gasteiger partial charge >= 0.3 is 6.03 Å². The second kappa shape index (κ2) is 9.30. The van der Waals surface area contributed by atoms with Crippen LogP contribution in [0.1, 0.15) is 44.0 Å². The average Bonchev–Trinajstić information content (AvgIpc) is 2.64. The molecule has 1 aliphatic heterocycles. The van der Waals surface area contributed by atoms with Crippen LogP contribution in [-0.4, -0.2) is 60.6 Å². The number of hydrogen-bond donors (Lipinski definition) is 1. The van der Waals surface area contributed by atoms with Crippen LogP contribution in [0.4, 0.5) is 4.79 Å². The zero-order chi connectivity index (χ0) is 18.2. The Morgan fingerprint density at radius 2 is 1.72 bits per heavy atom. The lowest BCUT2D eigenvalue weighted by atomic mass is 10.0. The molecule has 0 radical (unpaired) electrons. The molecule has 138 valence electrons. The van der Waals surface area contributed by atoms with Crippen molar-refractivity contribution >= 4 is 11.9 Å². The molecule has 2 rings (SSSR count). The number of piperidine rings is 1. The molecule has 0 unspecified atom stereocenters. The number of likely N-dealkylation sites (tertiary alicyclic amines) is 1. The largest absolute Gasteiger partial charge is 0.494 e. The van der Waals surface area contributed by atoms with E-state index in [9.17, 15) is 9.59 Å². The molecule has 1 heterocycles. The molecule has 1 N–H and O–H groups in total. The number of nitrogens with zero attached hydrogens (tertiary/aromatic N) is 2. The first-order chi connectivity index (χ1) is 12.1. The van der Waals surface area contributed by atoms with Crippen molar-refractivity contribution < 1.29 is 14.3 Å². The molecule has 0 spiro atoms. The molecule has 3 amide bonds. The fourth-order valence-electron chi connectivity index (χ4n) is 3.05. The van der Waals surface area contributed by atoms with Crippen molar-refractivity contribution in [3.8, 4) is 5.75 Å². The second-order valence-corrected chi connectivity index (χ2v) is 6.15. The van der Waals surface area contributed by atoms with Gasteiger partial charge in [-0.3, -0.25) is 4.79 Å². The fraction of sp³-hybridized carbons (Fsp3) is 0.579. The van der Waals surface area contributed by atoms with Crippen LogP contribution in [-0.2, 0) is 0 Å². The average molecular weight is 347 g/mol. The summed E-state index contributed by atoms with van der Waals surface area (Å²) >= 11 is 0. The maximum absolute atomic E-state index is 12.4. The Morgan fingerprint density at radius 1 is 1.12 bits per heavy atom. The Labute approximate surface area is 150 Å². The number of amides is 3.